The predicted molar refractivity (Wildman–Crippen MR) is 112 cm³/mol. The summed E-state index contributed by atoms with van der Waals surface area (Å²) in [5.74, 6) is -1.32. The zero-order valence-electron chi connectivity index (χ0n) is 16.1. The van der Waals surface area contributed by atoms with Gasteiger partial charge in [0.25, 0.3) is 5.91 Å². The van der Waals surface area contributed by atoms with Crippen LogP contribution in [-0.2, 0) is 20.9 Å². The van der Waals surface area contributed by atoms with E-state index in [9.17, 15) is 14.9 Å². The van der Waals surface area contributed by atoms with Crippen molar-refractivity contribution < 1.29 is 14.3 Å². The third kappa shape index (κ3) is 5.33. The van der Waals surface area contributed by atoms with Crippen molar-refractivity contribution in [3.8, 4) is 6.07 Å². The number of carbonyl (C=O) groups excluding carboxylic acids is 2. The van der Waals surface area contributed by atoms with Gasteiger partial charge in [0.15, 0.2) is 6.61 Å². The first-order valence-electron chi connectivity index (χ1n) is 8.87. The molecule has 1 N–H and O–H groups in total. The van der Waals surface area contributed by atoms with E-state index < -0.39 is 18.5 Å². The molecule has 0 aliphatic heterocycles. The molecule has 1 aromatic heterocycles. The van der Waals surface area contributed by atoms with E-state index >= 15 is 0 Å². The minimum atomic E-state index is -0.829. The topological polar surface area (TPSA) is 84.1 Å². The Kier molecular flexibility index (Phi) is 7.59. The second-order valence-corrected chi connectivity index (χ2v) is 7.11. The molecule has 0 atom stereocenters. The van der Waals surface area contributed by atoms with Crippen LogP contribution >= 0.6 is 15.9 Å². The van der Waals surface area contributed by atoms with Crippen molar-refractivity contribution >= 4 is 39.6 Å². The molecule has 0 aliphatic carbocycles. The molecule has 146 valence electrons. The van der Waals surface area contributed by atoms with Crippen LogP contribution in [0.3, 0.4) is 0 Å². The second-order valence-electron chi connectivity index (χ2n) is 6.25. The molecule has 0 spiro atoms. The zero-order chi connectivity index (χ0) is 20.7. The predicted octanol–water partition coefficient (Wildman–Crippen LogP) is 4.37. The Morgan fingerprint density at radius 2 is 2.04 bits per heavy atom. The number of ether oxygens (including phenoxy) is 1. The summed E-state index contributed by atoms with van der Waals surface area (Å²) in [6.45, 7) is 6.41. The average molecular weight is 444 g/mol. The van der Waals surface area contributed by atoms with Gasteiger partial charge in [0.05, 0.1) is 5.69 Å². The quantitative estimate of drug-likeness (QED) is 0.391. The van der Waals surface area contributed by atoms with Crippen molar-refractivity contribution in [3.05, 3.63) is 57.3 Å². The van der Waals surface area contributed by atoms with Gasteiger partial charge in [-0.05, 0) is 66.0 Å². The lowest BCUT2D eigenvalue weighted by atomic mass is 10.1. The summed E-state index contributed by atoms with van der Waals surface area (Å²) in [6, 6.07) is 10.9. The van der Waals surface area contributed by atoms with Crippen LogP contribution in [0, 0.1) is 25.2 Å². The van der Waals surface area contributed by atoms with Crippen LogP contribution in [0.15, 0.2) is 40.4 Å². The van der Waals surface area contributed by atoms with Crippen LogP contribution in [0.2, 0.25) is 0 Å². The number of halogens is 1. The molecule has 7 heteroatoms. The summed E-state index contributed by atoms with van der Waals surface area (Å²) < 4.78 is 7.86. The average Bonchev–Trinajstić information content (AvgIpc) is 2.93. The standard InChI is InChI=1S/C21H22BrN3O3/c1-4-9-25-14(2)10-16(15(25)3)11-17(12-23)21(27)28-13-20(26)24-19-8-6-5-7-18(19)22/h5-8,10-11H,4,9,13H2,1-3H3,(H,24,26)/b17-11+. The SMILES string of the molecule is CCCn1c(C)cc(/C=C(\C#N)C(=O)OCC(=O)Nc2ccccc2Br)c1C. The molecule has 0 saturated heterocycles. The Labute approximate surface area is 172 Å². The first-order chi connectivity index (χ1) is 13.4. The molecule has 2 aromatic rings. The summed E-state index contributed by atoms with van der Waals surface area (Å²) in [4.78, 5) is 24.2. The van der Waals surface area contributed by atoms with Gasteiger partial charge < -0.3 is 14.6 Å². The van der Waals surface area contributed by atoms with Gasteiger partial charge >= 0.3 is 5.97 Å². The van der Waals surface area contributed by atoms with Gasteiger partial charge in [0.2, 0.25) is 0 Å². The minimum absolute atomic E-state index is 0.148. The fourth-order valence-corrected chi connectivity index (χ4v) is 3.18. The molecule has 0 radical (unpaired) electrons. The number of hydrogen-bond acceptors (Lipinski definition) is 4. The Hall–Kier alpha value is -2.85. The number of aromatic nitrogens is 1. The molecule has 2 rings (SSSR count). The number of amides is 1. The van der Waals surface area contributed by atoms with Gasteiger partial charge in [-0.25, -0.2) is 4.79 Å². The van der Waals surface area contributed by atoms with E-state index in [2.05, 4.69) is 32.7 Å². The maximum Gasteiger partial charge on any atom is 0.349 e. The lowest BCUT2D eigenvalue weighted by Crippen LogP contribution is -2.21. The molecular weight excluding hydrogens is 422 g/mol. The molecule has 0 fully saturated rings. The summed E-state index contributed by atoms with van der Waals surface area (Å²) >= 11 is 3.33. The number of nitriles is 1. The van der Waals surface area contributed by atoms with Gasteiger partial charge in [0, 0.05) is 22.4 Å². The van der Waals surface area contributed by atoms with E-state index in [1.165, 1.54) is 6.08 Å². The summed E-state index contributed by atoms with van der Waals surface area (Å²) in [5.41, 5.74) is 3.25. The minimum Gasteiger partial charge on any atom is -0.451 e. The number of nitrogens with one attached hydrogen (secondary N) is 1. The van der Waals surface area contributed by atoms with Crippen molar-refractivity contribution in [2.45, 2.75) is 33.7 Å². The largest absolute Gasteiger partial charge is 0.451 e. The Morgan fingerprint density at radius 1 is 1.32 bits per heavy atom. The van der Waals surface area contributed by atoms with E-state index in [1.54, 1.807) is 18.2 Å². The van der Waals surface area contributed by atoms with E-state index in [4.69, 9.17) is 4.74 Å². The zero-order valence-corrected chi connectivity index (χ0v) is 17.7. The molecule has 1 amide bonds. The van der Waals surface area contributed by atoms with Gasteiger partial charge in [-0.15, -0.1) is 0 Å². The van der Waals surface area contributed by atoms with E-state index in [-0.39, 0.29) is 5.57 Å². The molecule has 0 aliphatic rings. The van der Waals surface area contributed by atoms with Crippen LogP contribution in [0.5, 0.6) is 0 Å². The molecule has 28 heavy (non-hydrogen) atoms. The summed E-state index contributed by atoms with van der Waals surface area (Å²) in [6.07, 6.45) is 2.49. The normalized spacial score (nSPS) is 11.0. The molecule has 1 aromatic carbocycles. The van der Waals surface area contributed by atoms with Crippen LogP contribution < -0.4 is 5.32 Å². The van der Waals surface area contributed by atoms with Crippen molar-refractivity contribution in [1.29, 1.82) is 5.26 Å². The smallest absolute Gasteiger partial charge is 0.349 e. The fraction of sp³-hybridized carbons (Fsp3) is 0.286. The number of rotatable bonds is 7. The lowest BCUT2D eigenvalue weighted by Gasteiger charge is -2.08. The van der Waals surface area contributed by atoms with Crippen molar-refractivity contribution in [1.82, 2.24) is 4.57 Å². The van der Waals surface area contributed by atoms with Crippen molar-refractivity contribution in [3.63, 3.8) is 0 Å². The monoisotopic (exact) mass is 443 g/mol. The van der Waals surface area contributed by atoms with Gasteiger partial charge in [-0.2, -0.15) is 5.26 Å². The number of esters is 1. The van der Waals surface area contributed by atoms with E-state index in [0.717, 1.165) is 34.4 Å². The van der Waals surface area contributed by atoms with E-state index in [0.29, 0.717) is 5.69 Å². The highest BCUT2D eigenvalue weighted by atomic mass is 79.9. The maximum atomic E-state index is 12.2. The van der Waals surface area contributed by atoms with Gasteiger partial charge in [-0.3, -0.25) is 4.79 Å². The summed E-state index contributed by atoms with van der Waals surface area (Å²) in [5, 5.41) is 12.0. The molecule has 6 nitrogen and oxygen atoms in total. The van der Waals surface area contributed by atoms with E-state index in [1.807, 2.05) is 32.0 Å². The number of aryl methyl sites for hydroxylation is 1. The Balaban J connectivity index is 2.05. The highest BCUT2D eigenvalue weighted by Crippen LogP contribution is 2.21. The second kappa shape index (κ2) is 9.90. The first kappa shape index (κ1) is 21.5. The maximum absolute atomic E-state index is 12.2. The number of carbonyl (C=O) groups is 2. The van der Waals surface area contributed by atoms with Gasteiger partial charge in [-0.1, -0.05) is 19.1 Å². The molecule has 0 unspecified atom stereocenters. The van der Waals surface area contributed by atoms with Crippen LogP contribution in [-0.4, -0.2) is 23.1 Å². The molecule has 0 bridgehead atoms. The fourth-order valence-electron chi connectivity index (χ4n) is 2.79. The summed E-state index contributed by atoms with van der Waals surface area (Å²) in [7, 11) is 0. The van der Waals surface area contributed by atoms with Crippen LogP contribution in [0.25, 0.3) is 6.08 Å². The number of anilines is 1. The number of hydrogen-bond donors (Lipinski definition) is 1. The van der Waals surface area contributed by atoms with Crippen LogP contribution in [0.4, 0.5) is 5.69 Å². The Morgan fingerprint density at radius 3 is 2.68 bits per heavy atom. The molecular formula is C21H22BrN3O3. The number of para-hydroxylation sites is 1. The highest BCUT2D eigenvalue weighted by molar-refractivity contribution is 9.10. The molecule has 1 heterocycles. The van der Waals surface area contributed by atoms with Gasteiger partial charge in [0.1, 0.15) is 11.6 Å². The first-order valence-corrected chi connectivity index (χ1v) is 9.66. The lowest BCUT2D eigenvalue weighted by molar-refractivity contribution is -0.142. The third-order valence-corrected chi connectivity index (χ3v) is 4.87. The third-order valence-electron chi connectivity index (χ3n) is 4.18. The molecule has 0 saturated carbocycles. The highest BCUT2D eigenvalue weighted by Gasteiger charge is 2.16. The van der Waals surface area contributed by atoms with Crippen molar-refractivity contribution in [2.24, 2.45) is 0 Å². The van der Waals surface area contributed by atoms with Crippen molar-refractivity contribution in [2.75, 3.05) is 11.9 Å². The Bertz CT molecular complexity index is 954. The number of benzene rings is 1. The number of nitrogens with zero attached hydrogens (tertiary/aromatic N) is 2. The van der Waals surface area contributed by atoms with Crippen LogP contribution in [0.1, 0.15) is 30.3 Å².